The van der Waals surface area contributed by atoms with Crippen molar-refractivity contribution in [1.29, 1.82) is 0 Å². The van der Waals surface area contributed by atoms with Gasteiger partial charge in [0, 0.05) is 6.07 Å². The Morgan fingerprint density at radius 2 is 2.00 bits per heavy atom. The molecule has 0 N–H and O–H groups in total. The van der Waals surface area contributed by atoms with Gasteiger partial charge in [-0.3, -0.25) is 10.1 Å². The number of aryl methyl sites for hydroxylation is 1. The lowest BCUT2D eigenvalue weighted by molar-refractivity contribution is -0.385. The predicted octanol–water partition coefficient (Wildman–Crippen LogP) is 3.40. The van der Waals surface area contributed by atoms with Crippen LogP contribution in [0.2, 0.25) is 0 Å². The minimum absolute atomic E-state index is 0.0290. The first-order chi connectivity index (χ1) is 11.3. The highest BCUT2D eigenvalue weighted by atomic mass is 79.9. The quantitative estimate of drug-likeness (QED) is 0.431. The highest BCUT2D eigenvalue weighted by Gasteiger charge is 2.19. The average molecular weight is 398 g/mol. The molecule has 0 aliphatic rings. The van der Waals surface area contributed by atoms with E-state index in [1.165, 1.54) is 25.3 Å². The Balaban J connectivity index is 2.10. The van der Waals surface area contributed by atoms with Gasteiger partial charge in [-0.1, -0.05) is 0 Å². The molecule has 1 aromatic carbocycles. The summed E-state index contributed by atoms with van der Waals surface area (Å²) in [6.45, 7) is 1.36. The summed E-state index contributed by atoms with van der Waals surface area (Å²) in [7, 11) is 1.24. The lowest BCUT2D eigenvalue weighted by atomic mass is 10.2. The van der Waals surface area contributed by atoms with Gasteiger partial charge in [0.25, 0.3) is 5.69 Å². The second-order valence-electron chi connectivity index (χ2n) is 4.67. The van der Waals surface area contributed by atoms with Crippen LogP contribution >= 0.6 is 15.9 Å². The van der Waals surface area contributed by atoms with E-state index in [2.05, 4.69) is 20.7 Å². The van der Waals surface area contributed by atoms with Crippen molar-refractivity contribution in [2.45, 2.75) is 13.5 Å². The van der Waals surface area contributed by atoms with Crippen molar-refractivity contribution in [2.75, 3.05) is 7.11 Å². The summed E-state index contributed by atoms with van der Waals surface area (Å²) in [5.41, 5.74) is 0.0236. The Kier molecular flexibility index (Phi) is 5.35. The second kappa shape index (κ2) is 7.26. The maximum absolute atomic E-state index is 12.0. The van der Waals surface area contributed by atoms with E-state index in [-0.39, 0.29) is 33.7 Å². The molecule has 24 heavy (non-hydrogen) atoms. The fourth-order valence-electron chi connectivity index (χ4n) is 1.93. The van der Waals surface area contributed by atoms with Gasteiger partial charge in [0.05, 0.1) is 22.1 Å². The van der Waals surface area contributed by atoms with Crippen LogP contribution in [-0.2, 0) is 16.1 Å². The van der Waals surface area contributed by atoms with E-state index in [1.54, 1.807) is 6.92 Å². The van der Waals surface area contributed by atoms with Crippen molar-refractivity contribution in [3.63, 3.8) is 0 Å². The van der Waals surface area contributed by atoms with E-state index in [0.717, 1.165) is 6.07 Å². The largest absolute Gasteiger partial charge is 0.465 e. The minimum atomic E-state index is -0.751. The lowest BCUT2D eigenvalue weighted by Crippen LogP contribution is -2.06. The van der Waals surface area contributed by atoms with Gasteiger partial charge in [-0.2, -0.15) is 0 Å². The molecule has 0 radical (unpaired) electrons. The molecule has 0 fully saturated rings. The van der Waals surface area contributed by atoms with E-state index in [9.17, 15) is 19.7 Å². The van der Waals surface area contributed by atoms with Crippen molar-refractivity contribution in [1.82, 2.24) is 0 Å². The number of ether oxygens (including phenoxy) is 2. The Hall–Kier alpha value is -2.68. The van der Waals surface area contributed by atoms with Crippen molar-refractivity contribution in [2.24, 2.45) is 0 Å². The molecule has 0 unspecified atom stereocenters. The Bertz CT molecular complexity index is 812. The van der Waals surface area contributed by atoms with E-state index in [0.29, 0.717) is 5.76 Å². The van der Waals surface area contributed by atoms with E-state index < -0.39 is 16.9 Å². The fourth-order valence-corrected chi connectivity index (χ4v) is 2.32. The zero-order valence-electron chi connectivity index (χ0n) is 12.7. The summed E-state index contributed by atoms with van der Waals surface area (Å²) in [6.07, 6.45) is 0. The van der Waals surface area contributed by atoms with E-state index in [1.807, 2.05) is 0 Å². The molecule has 0 amide bonds. The van der Waals surface area contributed by atoms with Gasteiger partial charge in [-0.15, -0.1) is 0 Å². The molecule has 0 saturated carbocycles. The van der Waals surface area contributed by atoms with Gasteiger partial charge in [-0.25, -0.2) is 9.59 Å². The van der Waals surface area contributed by atoms with Crippen molar-refractivity contribution >= 4 is 33.6 Å². The van der Waals surface area contributed by atoms with Gasteiger partial charge in [0.15, 0.2) is 0 Å². The zero-order chi connectivity index (χ0) is 17.9. The van der Waals surface area contributed by atoms with Gasteiger partial charge in [-0.05, 0) is 41.1 Å². The lowest BCUT2D eigenvalue weighted by Gasteiger charge is -2.03. The number of methoxy groups -OCH3 is 1. The maximum Gasteiger partial charge on any atom is 0.341 e. The van der Waals surface area contributed by atoms with E-state index >= 15 is 0 Å². The predicted molar refractivity (Wildman–Crippen MR) is 84.7 cm³/mol. The number of nitro benzene ring substituents is 1. The second-order valence-corrected chi connectivity index (χ2v) is 5.53. The standard InChI is InChI=1S/C15H12BrNO7/c1-8-11(15(19)22-2)6-10(24-8)7-23-14(18)9-3-4-12(16)13(5-9)17(20)21/h3-6H,7H2,1-2H3. The number of hydrogen-bond acceptors (Lipinski definition) is 7. The van der Waals surface area contributed by atoms with Crippen LogP contribution in [0.5, 0.6) is 0 Å². The summed E-state index contributed by atoms with van der Waals surface area (Å²) in [5, 5.41) is 10.9. The topological polar surface area (TPSA) is 109 Å². The minimum Gasteiger partial charge on any atom is -0.465 e. The Morgan fingerprint density at radius 3 is 2.62 bits per heavy atom. The monoisotopic (exact) mass is 397 g/mol. The molecular formula is C15H12BrNO7. The highest BCUT2D eigenvalue weighted by Crippen LogP contribution is 2.26. The SMILES string of the molecule is COC(=O)c1cc(COC(=O)c2ccc(Br)c([N+](=O)[O-])c2)oc1C. The molecule has 0 saturated heterocycles. The number of nitro groups is 1. The number of furan rings is 1. The first-order valence-corrected chi connectivity index (χ1v) is 7.41. The number of rotatable bonds is 5. The highest BCUT2D eigenvalue weighted by molar-refractivity contribution is 9.10. The number of carbonyl (C=O) groups excluding carboxylic acids is 2. The third kappa shape index (κ3) is 3.80. The molecule has 0 atom stereocenters. The first-order valence-electron chi connectivity index (χ1n) is 6.62. The van der Waals surface area contributed by atoms with Crippen LogP contribution in [0.1, 0.15) is 32.2 Å². The van der Waals surface area contributed by atoms with Gasteiger partial charge >= 0.3 is 11.9 Å². The van der Waals surface area contributed by atoms with Crippen LogP contribution in [0.4, 0.5) is 5.69 Å². The summed E-state index contributed by atoms with van der Waals surface area (Å²) in [5.74, 6) is -0.711. The van der Waals surface area contributed by atoms with Crippen LogP contribution in [0.15, 0.2) is 33.2 Å². The number of esters is 2. The number of hydrogen-bond donors (Lipinski definition) is 0. The third-order valence-corrected chi connectivity index (χ3v) is 3.77. The third-order valence-electron chi connectivity index (χ3n) is 3.10. The summed E-state index contributed by atoms with van der Waals surface area (Å²) < 4.78 is 15.2. The molecule has 0 aliphatic heterocycles. The number of nitrogens with zero attached hydrogens (tertiary/aromatic N) is 1. The average Bonchev–Trinajstić information content (AvgIpc) is 2.93. The number of benzene rings is 1. The smallest absolute Gasteiger partial charge is 0.341 e. The van der Waals surface area contributed by atoms with Crippen molar-refractivity contribution in [3.05, 3.63) is 61.5 Å². The summed E-state index contributed by atoms with van der Waals surface area (Å²) >= 11 is 3.03. The van der Waals surface area contributed by atoms with Crippen molar-refractivity contribution < 1.29 is 28.4 Å². The van der Waals surface area contributed by atoms with Crippen LogP contribution in [0.3, 0.4) is 0 Å². The summed E-state index contributed by atoms with van der Waals surface area (Å²) in [4.78, 5) is 33.7. The molecule has 8 nitrogen and oxygen atoms in total. The Labute approximate surface area is 144 Å². The molecule has 0 spiro atoms. The molecule has 9 heteroatoms. The molecule has 0 aliphatic carbocycles. The maximum atomic E-state index is 12.0. The molecule has 1 heterocycles. The number of halogens is 1. The molecule has 0 bridgehead atoms. The van der Waals surface area contributed by atoms with Gasteiger partial charge < -0.3 is 13.9 Å². The van der Waals surface area contributed by atoms with Gasteiger partial charge in [0.2, 0.25) is 0 Å². The molecule has 126 valence electrons. The zero-order valence-corrected chi connectivity index (χ0v) is 14.3. The fraction of sp³-hybridized carbons (Fsp3) is 0.200. The number of carbonyl (C=O) groups is 2. The van der Waals surface area contributed by atoms with E-state index in [4.69, 9.17) is 9.15 Å². The van der Waals surface area contributed by atoms with Crippen LogP contribution in [0.25, 0.3) is 0 Å². The Morgan fingerprint density at radius 1 is 1.29 bits per heavy atom. The molecule has 1 aromatic heterocycles. The van der Waals surface area contributed by atoms with Crippen LogP contribution < -0.4 is 0 Å². The molecular weight excluding hydrogens is 386 g/mol. The summed E-state index contributed by atoms with van der Waals surface area (Å²) in [6, 6.07) is 5.31. The first kappa shape index (κ1) is 17.7. The molecule has 2 rings (SSSR count). The van der Waals surface area contributed by atoms with Crippen LogP contribution in [-0.4, -0.2) is 24.0 Å². The molecule has 2 aromatic rings. The van der Waals surface area contributed by atoms with Crippen LogP contribution in [0, 0.1) is 17.0 Å². The normalized spacial score (nSPS) is 10.3. The van der Waals surface area contributed by atoms with Crippen molar-refractivity contribution in [3.8, 4) is 0 Å². The van der Waals surface area contributed by atoms with Gasteiger partial charge in [0.1, 0.15) is 23.7 Å².